The molecule has 11 heteroatoms. The van der Waals surface area contributed by atoms with E-state index in [1.54, 1.807) is 6.92 Å². The maximum atomic E-state index is 13.3. The number of nitrogens with zero attached hydrogens (tertiary/aromatic N) is 5. The van der Waals surface area contributed by atoms with Gasteiger partial charge in [0, 0.05) is 6.92 Å². The molecule has 1 amide bonds. The molecule has 3 fully saturated rings. The summed E-state index contributed by atoms with van der Waals surface area (Å²) in [5.74, 6) is -1.29. The minimum atomic E-state index is -2.74. The molecule has 1 unspecified atom stereocenters. The number of ether oxygens (including phenoxy) is 1. The average Bonchev–Trinajstić information content (AvgIpc) is 3.61. The van der Waals surface area contributed by atoms with Gasteiger partial charge in [0.1, 0.15) is 0 Å². The van der Waals surface area contributed by atoms with Crippen molar-refractivity contribution in [1.82, 2.24) is 25.4 Å². The summed E-state index contributed by atoms with van der Waals surface area (Å²) in [6.45, 7) is 1.25. The summed E-state index contributed by atoms with van der Waals surface area (Å²) >= 11 is 0. The molecule has 2 aromatic heterocycles. The molecule has 9 nitrogen and oxygen atoms in total. The van der Waals surface area contributed by atoms with Crippen LogP contribution >= 0.6 is 0 Å². The zero-order valence-electron chi connectivity index (χ0n) is 16.5. The number of anilines is 1. The van der Waals surface area contributed by atoms with Gasteiger partial charge < -0.3 is 19.5 Å². The minimum Gasteiger partial charge on any atom is -0.475 e. The van der Waals surface area contributed by atoms with Crippen LogP contribution in [0, 0.1) is 18.8 Å². The first-order valence-corrected chi connectivity index (χ1v) is 10.1. The number of amides is 1. The molecular formula is C19H22F2N6O3. The Labute approximate surface area is 171 Å². The Balaban J connectivity index is 1.34. The van der Waals surface area contributed by atoms with Crippen LogP contribution in [-0.2, 0) is 0 Å². The van der Waals surface area contributed by atoms with Gasteiger partial charge in [-0.2, -0.15) is 4.98 Å². The number of hydrogen-bond donors (Lipinski definition) is 1. The van der Waals surface area contributed by atoms with E-state index >= 15 is 0 Å². The summed E-state index contributed by atoms with van der Waals surface area (Å²) in [5.41, 5.74) is 0.0581. The molecule has 30 heavy (non-hydrogen) atoms. The SMILES string of the molecule is Cc1nc(C(NC(=O)c2cnc(N3CC(F)(F)C3)c(OCC3CC3)n2)C2CC2)no1. The summed E-state index contributed by atoms with van der Waals surface area (Å²) in [4.78, 5) is 27.0. The van der Waals surface area contributed by atoms with Gasteiger partial charge in [-0.05, 0) is 37.5 Å². The molecule has 0 bridgehead atoms. The number of aromatic nitrogens is 4. The van der Waals surface area contributed by atoms with Gasteiger partial charge in [-0.3, -0.25) is 4.79 Å². The first kappa shape index (κ1) is 19.1. The van der Waals surface area contributed by atoms with Gasteiger partial charge in [0.25, 0.3) is 17.7 Å². The third-order valence-corrected chi connectivity index (χ3v) is 5.45. The van der Waals surface area contributed by atoms with Crippen LogP contribution in [0.2, 0.25) is 0 Å². The molecule has 1 aliphatic heterocycles. The lowest BCUT2D eigenvalue weighted by molar-refractivity contribution is -0.0270. The Hall–Kier alpha value is -2.85. The number of alkyl halides is 2. The van der Waals surface area contributed by atoms with Gasteiger partial charge in [0.2, 0.25) is 5.89 Å². The molecule has 1 N–H and O–H groups in total. The van der Waals surface area contributed by atoms with Crippen molar-refractivity contribution in [3.05, 3.63) is 23.6 Å². The summed E-state index contributed by atoms with van der Waals surface area (Å²) < 4.78 is 37.4. The fraction of sp³-hybridized carbons (Fsp3) is 0.632. The molecule has 1 atom stereocenters. The molecule has 1 saturated heterocycles. The zero-order valence-corrected chi connectivity index (χ0v) is 16.5. The van der Waals surface area contributed by atoms with Gasteiger partial charge in [0.15, 0.2) is 17.3 Å². The Bertz CT molecular complexity index is 951. The summed E-state index contributed by atoms with van der Waals surface area (Å²) in [6.07, 6.45) is 5.34. The lowest BCUT2D eigenvalue weighted by Crippen LogP contribution is -2.56. The largest absolute Gasteiger partial charge is 0.475 e. The second-order valence-electron chi connectivity index (χ2n) is 8.31. The predicted molar refractivity (Wildman–Crippen MR) is 99.4 cm³/mol. The molecule has 160 valence electrons. The molecule has 5 rings (SSSR count). The van der Waals surface area contributed by atoms with Crippen molar-refractivity contribution in [1.29, 1.82) is 0 Å². The van der Waals surface area contributed by atoms with Gasteiger partial charge in [-0.25, -0.2) is 18.7 Å². The number of halogens is 2. The molecular weight excluding hydrogens is 398 g/mol. The van der Waals surface area contributed by atoms with Crippen molar-refractivity contribution in [2.24, 2.45) is 11.8 Å². The topological polar surface area (TPSA) is 106 Å². The summed E-state index contributed by atoms with van der Waals surface area (Å²) in [6, 6.07) is -0.374. The molecule has 3 heterocycles. The summed E-state index contributed by atoms with van der Waals surface area (Å²) in [7, 11) is 0. The van der Waals surface area contributed by atoms with Crippen LogP contribution in [0.25, 0.3) is 0 Å². The van der Waals surface area contributed by atoms with Crippen LogP contribution in [0.15, 0.2) is 10.7 Å². The fourth-order valence-electron chi connectivity index (χ4n) is 3.41. The molecule has 2 saturated carbocycles. The highest BCUT2D eigenvalue weighted by molar-refractivity contribution is 5.92. The van der Waals surface area contributed by atoms with E-state index in [1.165, 1.54) is 11.1 Å². The smallest absolute Gasteiger partial charge is 0.282 e. The normalized spacial score (nSPS) is 21.1. The number of rotatable bonds is 8. The first-order chi connectivity index (χ1) is 14.4. The Morgan fingerprint density at radius 1 is 1.33 bits per heavy atom. The van der Waals surface area contributed by atoms with E-state index < -0.39 is 24.9 Å². The van der Waals surface area contributed by atoms with E-state index in [4.69, 9.17) is 9.26 Å². The third kappa shape index (κ3) is 4.05. The van der Waals surface area contributed by atoms with Crippen LogP contribution in [-0.4, -0.2) is 51.6 Å². The van der Waals surface area contributed by atoms with Gasteiger partial charge in [-0.1, -0.05) is 5.16 Å². The number of aryl methyl sites for hydroxylation is 1. The van der Waals surface area contributed by atoms with Crippen molar-refractivity contribution >= 4 is 11.7 Å². The lowest BCUT2D eigenvalue weighted by atomic mass is 10.1. The van der Waals surface area contributed by atoms with E-state index in [0.717, 1.165) is 25.7 Å². The van der Waals surface area contributed by atoms with Gasteiger partial charge >= 0.3 is 0 Å². The Kier molecular flexibility index (Phi) is 4.55. The molecule has 0 spiro atoms. The van der Waals surface area contributed by atoms with Crippen molar-refractivity contribution in [2.45, 2.75) is 44.6 Å². The maximum absolute atomic E-state index is 13.3. The highest BCUT2D eigenvalue weighted by Gasteiger charge is 2.46. The Morgan fingerprint density at radius 3 is 2.70 bits per heavy atom. The molecule has 2 aromatic rings. The monoisotopic (exact) mass is 420 g/mol. The maximum Gasteiger partial charge on any atom is 0.282 e. The van der Waals surface area contributed by atoms with Gasteiger partial charge in [0.05, 0.1) is 31.9 Å². The van der Waals surface area contributed by atoms with E-state index in [2.05, 4.69) is 25.4 Å². The molecule has 2 aliphatic carbocycles. The van der Waals surface area contributed by atoms with Crippen LogP contribution in [0.3, 0.4) is 0 Å². The zero-order chi connectivity index (χ0) is 20.9. The van der Waals surface area contributed by atoms with Crippen molar-refractivity contribution < 1.29 is 22.8 Å². The number of carbonyl (C=O) groups is 1. The summed E-state index contributed by atoms with van der Waals surface area (Å²) in [5, 5.41) is 6.83. The standard InChI is InChI=1S/C19H22F2N6O3/c1-10-23-15(26-30-10)14(12-4-5-12)25-17(28)13-6-22-16(27-8-19(20,21)9-27)18(24-13)29-7-11-2-3-11/h6,11-12,14H,2-5,7-9H2,1H3,(H,25,28). The lowest BCUT2D eigenvalue weighted by Gasteiger charge is -2.39. The number of carbonyl (C=O) groups excluding carboxylic acids is 1. The highest BCUT2D eigenvalue weighted by Crippen LogP contribution is 2.40. The average molecular weight is 420 g/mol. The van der Waals surface area contributed by atoms with Gasteiger partial charge in [-0.15, -0.1) is 0 Å². The third-order valence-electron chi connectivity index (χ3n) is 5.45. The predicted octanol–water partition coefficient (Wildman–Crippen LogP) is 2.29. The van der Waals surface area contributed by atoms with Crippen LogP contribution in [0.1, 0.15) is 53.9 Å². The second-order valence-corrected chi connectivity index (χ2v) is 8.31. The number of nitrogens with one attached hydrogen (secondary N) is 1. The van der Waals surface area contributed by atoms with E-state index in [-0.39, 0.29) is 29.4 Å². The van der Waals surface area contributed by atoms with Crippen LogP contribution in [0.4, 0.5) is 14.6 Å². The molecule has 3 aliphatic rings. The Morgan fingerprint density at radius 2 is 2.10 bits per heavy atom. The van der Waals surface area contributed by atoms with Crippen LogP contribution < -0.4 is 15.0 Å². The number of hydrogen-bond acceptors (Lipinski definition) is 8. The van der Waals surface area contributed by atoms with Crippen molar-refractivity contribution in [3.8, 4) is 5.88 Å². The second kappa shape index (κ2) is 7.13. The first-order valence-electron chi connectivity index (χ1n) is 10.1. The highest BCUT2D eigenvalue weighted by atomic mass is 19.3. The van der Waals surface area contributed by atoms with E-state index in [0.29, 0.717) is 24.2 Å². The van der Waals surface area contributed by atoms with E-state index in [9.17, 15) is 13.6 Å². The minimum absolute atomic E-state index is 0.0581. The molecule has 0 aromatic carbocycles. The van der Waals surface area contributed by atoms with Crippen molar-refractivity contribution in [3.63, 3.8) is 0 Å². The van der Waals surface area contributed by atoms with Crippen LogP contribution in [0.5, 0.6) is 5.88 Å². The quantitative estimate of drug-likeness (QED) is 0.693. The molecule has 0 radical (unpaired) electrons. The van der Waals surface area contributed by atoms with E-state index in [1.807, 2.05) is 0 Å². The van der Waals surface area contributed by atoms with Crippen molar-refractivity contribution in [2.75, 3.05) is 24.6 Å². The fourth-order valence-corrected chi connectivity index (χ4v) is 3.41.